The molecule has 3 aromatic rings. The average molecular weight is 658 g/mol. The molecule has 1 aliphatic rings. The lowest BCUT2D eigenvalue weighted by Crippen LogP contribution is -2.33. The highest BCUT2D eigenvalue weighted by Crippen LogP contribution is 2.21. The van der Waals surface area contributed by atoms with Crippen LogP contribution in [0.5, 0.6) is 0 Å². The van der Waals surface area contributed by atoms with Gasteiger partial charge in [-0.3, -0.25) is 14.5 Å². The van der Waals surface area contributed by atoms with Gasteiger partial charge < -0.3 is 25.1 Å². The van der Waals surface area contributed by atoms with Crippen molar-refractivity contribution in [2.24, 2.45) is 5.73 Å². The van der Waals surface area contributed by atoms with Crippen LogP contribution in [-0.4, -0.2) is 78.2 Å². The van der Waals surface area contributed by atoms with Crippen molar-refractivity contribution in [2.75, 3.05) is 37.9 Å². The smallest absolute Gasteiger partial charge is 0.480 e. The van der Waals surface area contributed by atoms with Gasteiger partial charge in [-0.1, -0.05) is 70.1 Å². The van der Waals surface area contributed by atoms with Crippen LogP contribution in [0.15, 0.2) is 66.7 Å². The fourth-order valence-electron chi connectivity index (χ4n) is 4.52. The number of carbonyl (C=O) groups excluding carboxylic acids is 2. The Balaban J connectivity index is 1.27. The Labute approximate surface area is 270 Å². The van der Waals surface area contributed by atoms with Gasteiger partial charge in [0, 0.05) is 49.7 Å². The van der Waals surface area contributed by atoms with E-state index in [9.17, 15) is 14.4 Å². The Hall–Kier alpha value is -3.33. The third kappa shape index (κ3) is 12.2. The molecule has 0 saturated carbocycles. The van der Waals surface area contributed by atoms with E-state index in [0.29, 0.717) is 37.6 Å². The summed E-state index contributed by atoms with van der Waals surface area (Å²) in [6.07, 6.45) is 1.57. The molecule has 1 saturated heterocycles. The van der Waals surface area contributed by atoms with E-state index in [1.54, 1.807) is 12.1 Å². The first-order chi connectivity index (χ1) is 21.9. The lowest BCUT2D eigenvalue weighted by atomic mass is 10.1. The van der Waals surface area contributed by atoms with Crippen molar-refractivity contribution in [3.63, 3.8) is 0 Å². The highest BCUT2D eigenvalue weighted by atomic mass is 33.1. The zero-order chi connectivity index (χ0) is 31.9. The van der Waals surface area contributed by atoms with Gasteiger partial charge in [-0.2, -0.15) is 0 Å². The minimum Gasteiger partial charge on any atom is -0.480 e. The number of carboxylic acid groups (broad SMARTS) is 1. The molecular weight excluding hydrogens is 618 g/mol. The van der Waals surface area contributed by atoms with E-state index in [0.717, 1.165) is 41.2 Å². The fraction of sp³-hybridized carbons (Fsp3) is 0.406. The van der Waals surface area contributed by atoms with Crippen LogP contribution in [0.1, 0.15) is 40.7 Å². The van der Waals surface area contributed by atoms with Crippen LogP contribution >= 0.6 is 21.6 Å². The van der Waals surface area contributed by atoms with Crippen molar-refractivity contribution in [3.8, 4) is 0 Å². The quantitative estimate of drug-likeness (QED) is 0.0778. The predicted octanol–water partition coefficient (Wildman–Crippen LogP) is 4.98. The third-order valence-corrected chi connectivity index (χ3v) is 9.33. The Bertz CT molecular complexity index is 1390. The lowest BCUT2D eigenvalue weighted by molar-refractivity contribution is -0.186. The van der Waals surface area contributed by atoms with E-state index in [4.69, 9.17) is 29.9 Å². The Morgan fingerprint density at radius 1 is 0.956 bits per heavy atom. The first-order valence-electron chi connectivity index (χ1n) is 14.8. The maximum Gasteiger partial charge on any atom is 0.508 e. The summed E-state index contributed by atoms with van der Waals surface area (Å²) in [5.74, 6) is -0.642. The van der Waals surface area contributed by atoms with Crippen LogP contribution in [0.4, 0.5) is 4.79 Å². The molecule has 0 aliphatic carbocycles. The number of nitrogens with zero attached hydrogens (tertiary/aromatic N) is 1. The van der Waals surface area contributed by atoms with Crippen LogP contribution in [0.2, 0.25) is 0 Å². The molecule has 0 aromatic heterocycles. The number of nitrogens with one attached hydrogen (secondary N) is 1. The van der Waals surface area contributed by atoms with E-state index in [1.807, 2.05) is 24.3 Å². The number of nitrogens with two attached hydrogens (primary N) is 1. The van der Waals surface area contributed by atoms with Crippen molar-refractivity contribution < 1.29 is 38.5 Å². The second kappa shape index (κ2) is 18.6. The van der Waals surface area contributed by atoms with Crippen molar-refractivity contribution in [1.29, 1.82) is 0 Å². The molecule has 13 heteroatoms. The number of amides is 1. The molecule has 242 valence electrons. The number of rotatable bonds is 17. The summed E-state index contributed by atoms with van der Waals surface area (Å²) in [5.41, 5.74) is 10.5. The lowest BCUT2D eigenvalue weighted by Gasteiger charge is -2.23. The predicted molar refractivity (Wildman–Crippen MR) is 174 cm³/mol. The highest BCUT2D eigenvalue weighted by Gasteiger charge is 2.17. The molecule has 0 bridgehead atoms. The van der Waals surface area contributed by atoms with E-state index in [-0.39, 0.29) is 24.9 Å². The zero-order valence-corrected chi connectivity index (χ0v) is 26.6. The van der Waals surface area contributed by atoms with Gasteiger partial charge in [0.2, 0.25) is 0 Å². The molecule has 1 amide bonds. The number of carboxylic acids is 1. The molecule has 4 rings (SSSR count). The molecular formula is C32H39N3O8S2. The normalized spacial score (nSPS) is 15.5. The number of hydrogen-bond acceptors (Lipinski definition) is 11. The van der Waals surface area contributed by atoms with E-state index in [2.05, 4.69) is 40.7 Å². The Kier molecular flexibility index (Phi) is 14.3. The van der Waals surface area contributed by atoms with Crippen LogP contribution in [0.3, 0.4) is 0 Å². The molecule has 1 aliphatic heterocycles. The van der Waals surface area contributed by atoms with Gasteiger partial charge in [0.25, 0.3) is 5.91 Å². The van der Waals surface area contributed by atoms with Crippen molar-refractivity contribution in [3.05, 3.63) is 83.4 Å². The van der Waals surface area contributed by atoms with E-state index < -0.39 is 24.5 Å². The minimum atomic E-state index is -1.05. The largest absolute Gasteiger partial charge is 0.508 e. The van der Waals surface area contributed by atoms with Crippen LogP contribution in [0.25, 0.3) is 10.8 Å². The monoisotopic (exact) mass is 657 g/mol. The standard InChI is InChI=1S/C32H39N3O8S2/c33-28(31(37)38)22-45-44-18-17-42-32(39)41-16-14-35(21-24-10-11-25-5-1-2-6-27(25)19-24)20-23-8-12-26(13-9-23)30(36)34-43-29-7-3-4-15-40-29/h1-2,5-6,8-13,19,28-29H,3-4,7,14-18,20-22,33H2,(H,34,36)(H,37,38)/t28-,29?/m0/s1. The number of hydroxylamine groups is 1. The maximum absolute atomic E-state index is 12.6. The number of hydrogen-bond donors (Lipinski definition) is 3. The summed E-state index contributed by atoms with van der Waals surface area (Å²) in [6.45, 7) is 2.53. The first kappa shape index (κ1) is 34.5. The summed E-state index contributed by atoms with van der Waals surface area (Å²) in [6, 6.07) is 20.9. The Morgan fingerprint density at radius 2 is 1.69 bits per heavy atom. The van der Waals surface area contributed by atoms with Gasteiger partial charge in [-0.25, -0.2) is 15.1 Å². The number of aliphatic carboxylic acids is 1. The summed E-state index contributed by atoms with van der Waals surface area (Å²) in [7, 11) is 2.69. The maximum atomic E-state index is 12.6. The topological polar surface area (TPSA) is 150 Å². The van der Waals surface area contributed by atoms with Gasteiger partial charge in [-0.05, 0) is 52.9 Å². The molecule has 4 N–H and O–H groups in total. The van der Waals surface area contributed by atoms with Gasteiger partial charge in [-0.15, -0.1) is 0 Å². The van der Waals surface area contributed by atoms with Crippen LogP contribution in [0, 0.1) is 0 Å². The van der Waals surface area contributed by atoms with Crippen LogP contribution in [-0.2, 0) is 36.9 Å². The van der Waals surface area contributed by atoms with E-state index in [1.165, 1.54) is 21.6 Å². The molecule has 3 aromatic carbocycles. The van der Waals surface area contributed by atoms with Gasteiger partial charge in [0.1, 0.15) is 19.3 Å². The molecule has 0 radical (unpaired) electrons. The zero-order valence-electron chi connectivity index (χ0n) is 24.9. The van der Waals surface area contributed by atoms with Gasteiger partial charge in [0.05, 0.1) is 0 Å². The van der Waals surface area contributed by atoms with Gasteiger partial charge >= 0.3 is 12.1 Å². The average Bonchev–Trinajstić information content (AvgIpc) is 3.05. The summed E-state index contributed by atoms with van der Waals surface area (Å²) in [5, 5.41) is 11.1. The first-order valence-corrected chi connectivity index (χ1v) is 17.2. The minimum absolute atomic E-state index is 0.128. The second-order valence-electron chi connectivity index (χ2n) is 10.4. The van der Waals surface area contributed by atoms with Crippen molar-refractivity contribution in [2.45, 2.75) is 44.7 Å². The molecule has 1 fully saturated rings. The number of benzene rings is 3. The fourth-order valence-corrected chi connectivity index (χ4v) is 6.46. The summed E-state index contributed by atoms with van der Waals surface area (Å²) < 4.78 is 16.0. The SMILES string of the molecule is N[C@@H](CSSCCOC(=O)OCCN(Cc1ccc(C(=O)NOC2CCCCO2)cc1)Cc1ccc2ccccc2c1)C(=O)O. The molecule has 2 atom stereocenters. The second-order valence-corrected chi connectivity index (χ2v) is 13.1. The number of ether oxygens (including phenoxy) is 3. The van der Waals surface area contributed by atoms with Crippen molar-refractivity contribution in [1.82, 2.24) is 10.4 Å². The number of carbonyl (C=O) groups is 3. The Morgan fingerprint density at radius 3 is 2.44 bits per heavy atom. The molecule has 11 nitrogen and oxygen atoms in total. The molecule has 0 spiro atoms. The number of fused-ring (bicyclic) bond motifs is 1. The third-order valence-electron chi connectivity index (χ3n) is 6.93. The highest BCUT2D eigenvalue weighted by molar-refractivity contribution is 8.76. The molecule has 1 unspecified atom stereocenters. The molecule has 1 heterocycles. The summed E-state index contributed by atoms with van der Waals surface area (Å²) in [4.78, 5) is 43.0. The van der Waals surface area contributed by atoms with E-state index >= 15 is 0 Å². The molecule has 45 heavy (non-hydrogen) atoms. The van der Waals surface area contributed by atoms with Gasteiger partial charge in [0.15, 0.2) is 6.29 Å². The van der Waals surface area contributed by atoms with Crippen LogP contribution < -0.4 is 11.2 Å². The summed E-state index contributed by atoms with van der Waals surface area (Å²) >= 11 is 0. The van der Waals surface area contributed by atoms with Crippen molar-refractivity contribution >= 4 is 50.4 Å².